The first-order valence-electron chi connectivity index (χ1n) is 6.23. The van der Waals surface area contributed by atoms with Gasteiger partial charge in [-0.2, -0.15) is 0 Å². The van der Waals surface area contributed by atoms with E-state index in [-0.39, 0.29) is 5.56 Å². The average Bonchev–Trinajstić information content (AvgIpc) is 2.83. The van der Waals surface area contributed by atoms with E-state index in [1.807, 2.05) is 23.8 Å². The average molecular weight is 228 g/mol. The Balaban J connectivity index is 2.32. The molecular weight excluding hydrogens is 212 g/mol. The Kier molecular flexibility index (Phi) is 2.46. The fraction of sp³-hybridized carbons (Fsp3) is 0.429. The van der Waals surface area contributed by atoms with Crippen LogP contribution in [0.25, 0.3) is 10.9 Å². The Bertz CT molecular complexity index is 609. The summed E-state index contributed by atoms with van der Waals surface area (Å²) < 4.78 is 1.97. The van der Waals surface area contributed by atoms with Crippen molar-refractivity contribution in [1.82, 2.24) is 9.55 Å². The van der Waals surface area contributed by atoms with Crippen LogP contribution < -0.4 is 5.56 Å². The van der Waals surface area contributed by atoms with E-state index < -0.39 is 0 Å². The Morgan fingerprint density at radius 1 is 1.35 bits per heavy atom. The molecule has 0 bridgehead atoms. The Morgan fingerprint density at radius 2 is 2.12 bits per heavy atom. The summed E-state index contributed by atoms with van der Waals surface area (Å²) in [5, 5.41) is 1.10. The molecule has 17 heavy (non-hydrogen) atoms. The Labute approximate surface area is 100 Å². The highest BCUT2D eigenvalue weighted by Gasteiger charge is 2.20. The van der Waals surface area contributed by atoms with Gasteiger partial charge in [0, 0.05) is 29.9 Å². The fourth-order valence-corrected chi connectivity index (χ4v) is 2.89. The molecule has 1 aliphatic carbocycles. The summed E-state index contributed by atoms with van der Waals surface area (Å²) in [6, 6.07) is 4.08. The smallest absolute Gasteiger partial charge is 0.251 e. The summed E-state index contributed by atoms with van der Waals surface area (Å²) in [5.74, 6) is 0. The lowest BCUT2D eigenvalue weighted by atomic mass is 10.1. The molecule has 0 N–H and O–H groups in total. The molecule has 3 rings (SSSR count). The monoisotopic (exact) mass is 228 g/mol. The van der Waals surface area contributed by atoms with Crippen molar-refractivity contribution in [2.24, 2.45) is 0 Å². The first kappa shape index (κ1) is 10.5. The fourth-order valence-electron chi connectivity index (χ4n) is 2.89. The minimum absolute atomic E-state index is 0.133. The molecule has 2 heterocycles. The molecule has 3 nitrogen and oxygen atoms in total. The normalized spacial score (nSPS) is 16.8. The summed E-state index contributed by atoms with van der Waals surface area (Å²) in [7, 11) is 0. The topological polar surface area (TPSA) is 34.9 Å². The lowest BCUT2D eigenvalue weighted by Gasteiger charge is -2.17. The van der Waals surface area contributed by atoms with Crippen LogP contribution >= 0.6 is 0 Å². The molecule has 0 aromatic carbocycles. The van der Waals surface area contributed by atoms with Gasteiger partial charge in [-0.3, -0.25) is 9.78 Å². The van der Waals surface area contributed by atoms with Crippen LogP contribution in [0.5, 0.6) is 0 Å². The predicted molar refractivity (Wildman–Crippen MR) is 68.2 cm³/mol. The van der Waals surface area contributed by atoms with E-state index in [2.05, 4.69) is 4.98 Å². The quantitative estimate of drug-likeness (QED) is 0.752. The van der Waals surface area contributed by atoms with Crippen LogP contribution in [0.15, 0.2) is 29.3 Å². The van der Waals surface area contributed by atoms with Crippen LogP contribution in [-0.2, 0) is 0 Å². The highest BCUT2D eigenvalue weighted by Crippen LogP contribution is 2.30. The highest BCUT2D eigenvalue weighted by molar-refractivity contribution is 5.81. The van der Waals surface area contributed by atoms with Crippen LogP contribution in [0.2, 0.25) is 0 Å². The molecule has 88 valence electrons. The van der Waals surface area contributed by atoms with Crippen LogP contribution in [0.3, 0.4) is 0 Å². The molecule has 0 unspecified atom stereocenters. The van der Waals surface area contributed by atoms with Gasteiger partial charge in [-0.15, -0.1) is 0 Å². The number of rotatable bonds is 1. The Hall–Kier alpha value is -1.64. The van der Waals surface area contributed by atoms with Crippen molar-refractivity contribution in [3.8, 4) is 0 Å². The zero-order chi connectivity index (χ0) is 11.8. The zero-order valence-corrected chi connectivity index (χ0v) is 10.0. The van der Waals surface area contributed by atoms with Crippen molar-refractivity contribution in [2.45, 2.75) is 38.6 Å². The molecule has 3 heteroatoms. The van der Waals surface area contributed by atoms with Crippen LogP contribution in [0.1, 0.15) is 37.3 Å². The van der Waals surface area contributed by atoms with Crippen molar-refractivity contribution in [2.75, 3.05) is 0 Å². The van der Waals surface area contributed by atoms with Gasteiger partial charge in [0.25, 0.3) is 5.56 Å². The van der Waals surface area contributed by atoms with E-state index in [1.54, 1.807) is 12.3 Å². The summed E-state index contributed by atoms with van der Waals surface area (Å²) in [6.07, 6.45) is 8.35. The van der Waals surface area contributed by atoms with Crippen molar-refractivity contribution >= 4 is 10.9 Å². The van der Waals surface area contributed by atoms with Crippen LogP contribution in [-0.4, -0.2) is 9.55 Å². The van der Waals surface area contributed by atoms with E-state index in [0.717, 1.165) is 29.3 Å². The third kappa shape index (κ3) is 1.66. The molecule has 0 saturated heterocycles. The number of aryl methyl sites for hydroxylation is 1. The van der Waals surface area contributed by atoms with Crippen molar-refractivity contribution in [3.05, 3.63) is 40.4 Å². The lowest BCUT2D eigenvalue weighted by molar-refractivity contribution is 0.519. The summed E-state index contributed by atoms with van der Waals surface area (Å²) >= 11 is 0. The lowest BCUT2D eigenvalue weighted by Crippen LogP contribution is -2.23. The maximum Gasteiger partial charge on any atom is 0.251 e. The van der Waals surface area contributed by atoms with E-state index in [4.69, 9.17) is 0 Å². The second kappa shape index (κ2) is 3.99. The van der Waals surface area contributed by atoms with Gasteiger partial charge in [-0.05, 0) is 31.4 Å². The van der Waals surface area contributed by atoms with Gasteiger partial charge in [0.1, 0.15) is 0 Å². The van der Waals surface area contributed by atoms with Gasteiger partial charge in [-0.1, -0.05) is 12.8 Å². The molecule has 1 aliphatic rings. The summed E-state index contributed by atoms with van der Waals surface area (Å²) in [6.45, 7) is 1.98. The molecule has 0 atom stereocenters. The number of hydrogen-bond donors (Lipinski definition) is 0. The van der Waals surface area contributed by atoms with Crippen molar-refractivity contribution < 1.29 is 0 Å². The Morgan fingerprint density at radius 3 is 2.88 bits per heavy atom. The largest absolute Gasteiger partial charge is 0.305 e. The molecular formula is C14H16N2O. The van der Waals surface area contributed by atoms with Gasteiger partial charge in [0.15, 0.2) is 0 Å². The molecule has 0 aliphatic heterocycles. The van der Waals surface area contributed by atoms with Gasteiger partial charge < -0.3 is 4.57 Å². The minimum Gasteiger partial charge on any atom is -0.305 e. The molecule has 0 spiro atoms. The van der Waals surface area contributed by atoms with Gasteiger partial charge >= 0.3 is 0 Å². The van der Waals surface area contributed by atoms with E-state index in [9.17, 15) is 4.79 Å². The second-order valence-corrected chi connectivity index (χ2v) is 4.87. The molecule has 2 aromatic heterocycles. The highest BCUT2D eigenvalue weighted by atomic mass is 16.1. The minimum atomic E-state index is 0.133. The molecule has 1 fully saturated rings. The van der Waals surface area contributed by atoms with E-state index in [0.29, 0.717) is 6.04 Å². The van der Waals surface area contributed by atoms with Crippen LogP contribution in [0.4, 0.5) is 0 Å². The summed E-state index contributed by atoms with van der Waals surface area (Å²) in [4.78, 5) is 16.3. The molecule has 2 aromatic rings. The molecule has 0 radical (unpaired) electrons. The molecule has 0 amide bonds. The first-order valence-corrected chi connectivity index (χ1v) is 6.23. The number of aromatic nitrogens is 2. The second-order valence-electron chi connectivity index (χ2n) is 4.87. The van der Waals surface area contributed by atoms with Gasteiger partial charge in [0.2, 0.25) is 0 Å². The maximum atomic E-state index is 12.2. The van der Waals surface area contributed by atoms with Crippen molar-refractivity contribution in [1.29, 1.82) is 0 Å². The van der Waals surface area contributed by atoms with Crippen molar-refractivity contribution in [3.63, 3.8) is 0 Å². The zero-order valence-electron chi connectivity index (χ0n) is 10.0. The first-order chi connectivity index (χ1) is 8.27. The van der Waals surface area contributed by atoms with E-state index in [1.165, 1.54) is 12.8 Å². The maximum absolute atomic E-state index is 12.2. The standard InChI is InChI=1S/C14H16N2O/c1-10-8-14(17)16(11-4-2-3-5-11)13-6-7-15-9-12(10)13/h6-9,11H,2-5H2,1H3. The third-order valence-electron chi connectivity index (χ3n) is 3.75. The number of pyridine rings is 2. The number of hydrogen-bond acceptors (Lipinski definition) is 2. The number of fused-ring (bicyclic) bond motifs is 1. The van der Waals surface area contributed by atoms with E-state index >= 15 is 0 Å². The third-order valence-corrected chi connectivity index (χ3v) is 3.75. The SMILES string of the molecule is Cc1cc(=O)n(C2CCCC2)c2ccncc12. The number of nitrogens with zero attached hydrogens (tertiary/aromatic N) is 2. The van der Waals surface area contributed by atoms with Crippen LogP contribution in [0, 0.1) is 6.92 Å². The summed E-state index contributed by atoms with van der Waals surface area (Å²) in [5.41, 5.74) is 2.19. The van der Waals surface area contributed by atoms with Gasteiger partial charge in [-0.25, -0.2) is 0 Å². The van der Waals surface area contributed by atoms with Gasteiger partial charge in [0.05, 0.1) is 5.52 Å². The predicted octanol–water partition coefficient (Wildman–Crippen LogP) is 2.82. The molecule has 1 saturated carbocycles.